The zero-order valence-corrected chi connectivity index (χ0v) is 11.5. The third-order valence-electron chi connectivity index (χ3n) is 3.62. The predicted octanol–water partition coefficient (Wildman–Crippen LogP) is 1.75. The summed E-state index contributed by atoms with van der Waals surface area (Å²) in [6.07, 6.45) is 3.09. The van der Waals surface area contributed by atoms with Crippen LogP contribution in [0.5, 0.6) is 0 Å². The Balaban J connectivity index is 2.06. The minimum atomic E-state index is 0.173. The molecule has 100 valence electrons. The number of hydrogen-bond donors (Lipinski definition) is 1. The molecule has 1 saturated heterocycles. The van der Waals surface area contributed by atoms with Crippen LogP contribution in [0.3, 0.4) is 0 Å². The van der Waals surface area contributed by atoms with Crippen LogP contribution in [0, 0.1) is 5.92 Å². The Morgan fingerprint density at radius 3 is 3.00 bits per heavy atom. The van der Waals surface area contributed by atoms with E-state index in [0.29, 0.717) is 12.0 Å². The van der Waals surface area contributed by atoms with Crippen molar-refractivity contribution in [2.75, 3.05) is 26.7 Å². The highest BCUT2D eigenvalue weighted by Crippen LogP contribution is 2.20. The van der Waals surface area contributed by atoms with E-state index < -0.39 is 0 Å². The van der Waals surface area contributed by atoms with Gasteiger partial charge in [-0.25, -0.2) is 0 Å². The first-order valence-corrected chi connectivity index (χ1v) is 6.74. The topological polar surface area (TPSA) is 37.3 Å². The molecular weight excluding hydrogens is 226 g/mol. The van der Waals surface area contributed by atoms with E-state index in [9.17, 15) is 4.79 Å². The minimum absolute atomic E-state index is 0.173. The summed E-state index contributed by atoms with van der Waals surface area (Å²) in [6, 6.07) is 4.21. The van der Waals surface area contributed by atoms with Gasteiger partial charge >= 0.3 is 0 Å². The van der Waals surface area contributed by atoms with Crippen LogP contribution in [-0.2, 0) is 0 Å². The fraction of sp³-hybridized carbons (Fsp3) is 0.643. The van der Waals surface area contributed by atoms with Crippen molar-refractivity contribution >= 4 is 5.91 Å². The fourth-order valence-corrected chi connectivity index (χ4v) is 2.66. The molecule has 0 saturated carbocycles. The molecule has 0 aromatic carbocycles. The second kappa shape index (κ2) is 5.57. The summed E-state index contributed by atoms with van der Waals surface area (Å²) in [7, 11) is 1.97. The van der Waals surface area contributed by atoms with E-state index in [2.05, 4.69) is 19.2 Å². The number of aromatic nitrogens is 1. The lowest BCUT2D eigenvalue weighted by atomic mass is 10.1. The molecule has 2 rings (SSSR count). The molecule has 0 spiro atoms. The first-order valence-electron chi connectivity index (χ1n) is 6.74. The van der Waals surface area contributed by atoms with Gasteiger partial charge in [0.25, 0.3) is 5.91 Å². The zero-order valence-electron chi connectivity index (χ0n) is 11.5. The molecule has 1 N–H and O–H groups in total. The van der Waals surface area contributed by atoms with Gasteiger partial charge in [-0.3, -0.25) is 4.79 Å². The van der Waals surface area contributed by atoms with Gasteiger partial charge in [0.05, 0.1) is 0 Å². The van der Waals surface area contributed by atoms with Crippen molar-refractivity contribution in [3.05, 3.63) is 24.0 Å². The number of hydrogen-bond acceptors (Lipinski definition) is 2. The Morgan fingerprint density at radius 1 is 1.56 bits per heavy atom. The largest absolute Gasteiger partial charge is 0.341 e. The highest BCUT2D eigenvalue weighted by atomic mass is 16.2. The number of rotatable bonds is 4. The van der Waals surface area contributed by atoms with E-state index in [1.807, 2.05) is 34.8 Å². The molecule has 2 heterocycles. The first-order chi connectivity index (χ1) is 8.63. The maximum atomic E-state index is 12.5. The van der Waals surface area contributed by atoms with Crippen LogP contribution < -0.4 is 5.32 Å². The van der Waals surface area contributed by atoms with Crippen LogP contribution in [-0.4, -0.2) is 42.1 Å². The summed E-state index contributed by atoms with van der Waals surface area (Å²) < 4.78 is 2.05. The molecule has 0 bridgehead atoms. The summed E-state index contributed by atoms with van der Waals surface area (Å²) >= 11 is 0. The van der Waals surface area contributed by atoms with Gasteiger partial charge in [0.2, 0.25) is 0 Å². The molecule has 1 aromatic heterocycles. The van der Waals surface area contributed by atoms with Gasteiger partial charge in [0, 0.05) is 25.3 Å². The molecule has 0 aliphatic carbocycles. The summed E-state index contributed by atoms with van der Waals surface area (Å²) in [5.41, 5.74) is 0.815. The number of nitrogens with one attached hydrogen (secondary N) is 1. The SMILES string of the molecule is CNCC1CCN(C(=O)c2cccn2C(C)C)C1. The van der Waals surface area contributed by atoms with Crippen molar-refractivity contribution in [3.8, 4) is 0 Å². The highest BCUT2D eigenvalue weighted by molar-refractivity contribution is 5.93. The lowest BCUT2D eigenvalue weighted by Gasteiger charge is -2.19. The molecule has 4 heteroatoms. The Hall–Kier alpha value is -1.29. The second-order valence-corrected chi connectivity index (χ2v) is 5.36. The highest BCUT2D eigenvalue weighted by Gasteiger charge is 2.27. The molecule has 0 radical (unpaired) electrons. The fourth-order valence-electron chi connectivity index (χ4n) is 2.66. The normalized spacial score (nSPS) is 19.8. The number of carbonyl (C=O) groups excluding carboxylic acids is 1. The molecule has 1 amide bonds. The zero-order chi connectivity index (χ0) is 13.1. The lowest BCUT2D eigenvalue weighted by molar-refractivity contribution is 0.0775. The predicted molar refractivity (Wildman–Crippen MR) is 72.8 cm³/mol. The second-order valence-electron chi connectivity index (χ2n) is 5.36. The van der Waals surface area contributed by atoms with E-state index in [1.54, 1.807) is 0 Å². The molecule has 1 atom stereocenters. The molecule has 1 unspecified atom stereocenters. The third kappa shape index (κ3) is 2.58. The van der Waals surface area contributed by atoms with Gasteiger partial charge in [-0.15, -0.1) is 0 Å². The molecular formula is C14H23N3O. The van der Waals surface area contributed by atoms with Crippen LogP contribution >= 0.6 is 0 Å². The van der Waals surface area contributed by atoms with E-state index in [-0.39, 0.29) is 5.91 Å². The van der Waals surface area contributed by atoms with Gasteiger partial charge in [-0.2, -0.15) is 0 Å². The molecule has 18 heavy (non-hydrogen) atoms. The number of nitrogens with zero attached hydrogens (tertiary/aromatic N) is 2. The molecule has 1 fully saturated rings. The average Bonchev–Trinajstić information content (AvgIpc) is 2.96. The van der Waals surface area contributed by atoms with Crippen LogP contribution in [0.25, 0.3) is 0 Å². The van der Waals surface area contributed by atoms with Crippen LogP contribution in [0.15, 0.2) is 18.3 Å². The Morgan fingerprint density at radius 2 is 2.33 bits per heavy atom. The van der Waals surface area contributed by atoms with Gasteiger partial charge in [0.1, 0.15) is 5.69 Å². The number of amides is 1. The van der Waals surface area contributed by atoms with Crippen LogP contribution in [0.1, 0.15) is 36.8 Å². The summed E-state index contributed by atoms with van der Waals surface area (Å²) in [5, 5.41) is 3.19. The molecule has 4 nitrogen and oxygen atoms in total. The van der Waals surface area contributed by atoms with Crippen molar-refractivity contribution < 1.29 is 4.79 Å². The van der Waals surface area contributed by atoms with Crippen molar-refractivity contribution in [3.63, 3.8) is 0 Å². The molecule has 1 aliphatic heterocycles. The van der Waals surface area contributed by atoms with Crippen molar-refractivity contribution in [2.45, 2.75) is 26.3 Å². The van der Waals surface area contributed by atoms with Gasteiger partial charge in [-0.1, -0.05) is 0 Å². The van der Waals surface area contributed by atoms with Crippen molar-refractivity contribution in [1.29, 1.82) is 0 Å². The monoisotopic (exact) mass is 249 g/mol. The van der Waals surface area contributed by atoms with E-state index in [1.165, 1.54) is 0 Å². The smallest absolute Gasteiger partial charge is 0.270 e. The maximum Gasteiger partial charge on any atom is 0.270 e. The minimum Gasteiger partial charge on any atom is -0.341 e. The van der Waals surface area contributed by atoms with Gasteiger partial charge < -0.3 is 14.8 Å². The van der Waals surface area contributed by atoms with E-state index in [0.717, 1.165) is 31.7 Å². The lowest BCUT2D eigenvalue weighted by Crippen LogP contribution is -2.32. The Bertz CT molecular complexity index is 411. The summed E-state index contributed by atoms with van der Waals surface area (Å²) in [5.74, 6) is 0.772. The van der Waals surface area contributed by atoms with E-state index >= 15 is 0 Å². The van der Waals surface area contributed by atoms with E-state index in [4.69, 9.17) is 0 Å². The average molecular weight is 249 g/mol. The Kier molecular flexibility index (Phi) is 4.07. The van der Waals surface area contributed by atoms with Crippen LogP contribution in [0.4, 0.5) is 0 Å². The van der Waals surface area contributed by atoms with Crippen LogP contribution in [0.2, 0.25) is 0 Å². The first kappa shape index (κ1) is 13.1. The third-order valence-corrected chi connectivity index (χ3v) is 3.62. The van der Waals surface area contributed by atoms with Gasteiger partial charge in [-0.05, 0) is 51.9 Å². The van der Waals surface area contributed by atoms with Crippen molar-refractivity contribution in [2.24, 2.45) is 5.92 Å². The van der Waals surface area contributed by atoms with Crippen molar-refractivity contribution in [1.82, 2.24) is 14.8 Å². The summed E-state index contributed by atoms with van der Waals surface area (Å²) in [4.78, 5) is 14.5. The van der Waals surface area contributed by atoms with Gasteiger partial charge in [0.15, 0.2) is 0 Å². The quantitative estimate of drug-likeness (QED) is 0.882. The Labute approximate surface area is 109 Å². The molecule has 1 aliphatic rings. The standard InChI is InChI=1S/C14H23N3O/c1-11(2)17-7-4-5-13(17)14(18)16-8-6-12(10-16)9-15-3/h4-5,7,11-12,15H,6,8-10H2,1-3H3. The number of likely N-dealkylation sites (tertiary alicyclic amines) is 1. The molecule has 1 aromatic rings. The maximum absolute atomic E-state index is 12.5. The number of carbonyl (C=O) groups is 1. The summed E-state index contributed by atoms with van der Waals surface area (Å²) in [6.45, 7) is 6.96.